The predicted molar refractivity (Wildman–Crippen MR) is 143 cm³/mol. The minimum absolute atomic E-state index is 0.0304. The van der Waals surface area contributed by atoms with Gasteiger partial charge in [-0.1, -0.05) is 24.6 Å². The summed E-state index contributed by atoms with van der Waals surface area (Å²) in [7, 11) is -4.03. The molecule has 12 heteroatoms. The summed E-state index contributed by atoms with van der Waals surface area (Å²) < 4.78 is 48.0. The van der Waals surface area contributed by atoms with E-state index >= 15 is 0 Å². The molecule has 6 atom stereocenters. The number of halogens is 1. The topological polar surface area (TPSA) is 116 Å². The minimum atomic E-state index is -4.03. The summed E-state index contributed by atoms with van der Waals surface area (Å²) in [5.74, 6) is 0.725. The second-order valence-electron chi connectivity index (χ2n) is 11.4. The zero-order valence-corrected chi connectivity index (χ0v) is 23.3. The zero-order chi connectivity index (χ0) is 27.1. The zero-order valence-electron chi connectivity index (χ0n) is 21.7. The van der Waals surface area contributed by atoms with Crippen molar-refractivity contribution in [3.63, 3.8) is 0 Å². The van der Waals surface area contributed by atoms with Gasteiger partial charge in [0.15, 0.2) is 11.6 Å². The van der Waals surface area contributed by atoms with Crippen molar-refractivity contribution >= 4 is 38.5 Å². The number of hydrogen-bond acceptors (Lipinski definition) is 9. The SMILES string of the molecule is CC1(C)O[C@@H]2[C@@H](CO)OC(c3cn(S(=O)(=O)c4ccccc4)c4c(N5CC6CCCC6C5)nc(Cl)nc34)[C@@H]2O1. The molecule has 1 N–H and O–H groups in total. The van der Waals surface area contributed by atoms with Gasteiger partial charge >= 0.3 is 0 Å². The van der Waals surface area contributed by atoms with Crippen molar-refractivity contribution < 1.29 is 27.7 Å². The Morgan fingerprint density at radius 2 is 1.77 bits per heavy atom. The van der Waals surface area contributed by atoms with E-state index in [1.807, 2.05) is 0 Å². The molecule has 39 heavy (non-hydrogen) atoms. The molecule has 4 fully saturated rings. The van der Waals surface area contributed by atoms with Crippen LogP contribution in [-0.2, 0) is 24.2 Å². The molecule has 1 aliphatic carbocycles. The van der Waals surface area contributed by atoms with E-state index < -0.39 is 40.2 Å². The number of benzene rings is 1. The number of ether oxygens (including phenoxy) is 3. The lowest BCUT2D eigenvalue weighted by atomic mass is 10.0. The minimum Gasteiger partial charge on any atom is -0.394 e. The lowest BCUT2D eigenvalue weighted by Gasteiger charge is -2.23. The molecule has 1 aromatic carbocycles. The molecule has 4 aliphatic rings. The molecule has 3 unspecified atom stereocenters. The van der Waals surface area contributed by atoms with Crippen molar-refractivity contribution in [2.75, 3.05) is 24.6 Å². The van der Waals surface area contributed by atoms with E-state index in [0.29, 0.717) is 34.3 Å². The second kappa shape index (κ2) is 9.12. The Labute approximate surface area is 231 Å². The molecule has 3 saturated heterocycles. The maximum absolute atomic E-state index is 14.1. The van der Waals surface area contributed by atoms with Crippen LogP contribution in [0.5, 0.6) is 0 Å². The number of fused-ring (bicyclic) bond motifs is 3. The van der Waals surface area contributed by atoms with Gasteiger partial charge in [-0.25, -0.2) is 17.4 Å². The summed E-state index contributed by atoms with van der Waals surface area (Å²) in [6, 6.07) is 8.29. The first-order chi connectivity index (χ1) is 18.7. The van der Waals surface area contributed by atoms with Crippen LogP contribution in [0.3, 0.4) is 0 Å². The van der Waals surface area contributed by atoms with Gasteiger partial charge in [0.05, 0.1) is 11.5 Å². The lowest BCUT2D eigenvalue weighted by Crippen LogP contribution is -2.31. The van der Waals surface area contributed by atoms with Crippen molar-refractivity contribution in [1.82, 2.24) is 13.9 Å². The Balaban J connectivity index is 1.43. The molecule has 10 nitrogen and oxygen atoms in total. The smallest absolute Gasteiger partial charge is 0.268 e. The molecule has 2 aromatic heterocycles. The molecule has 0 spiro atoms. The summed E-state index contributed by atoms with van der Waals surface area (Å²) in [5.41, 5.74) is 1.25. The first-order valence-corrected chi connectivity index (χ1v) is 15.2. The van der Waals surface area contributed by atoms with Crippen LogP contribution in [0.25, 0.3) is 11.0 Å². The number of rotatable bonds is 5. The number of anilines is 1. The molecule has 208 valence electrons. The van der Waals surface area contributed by atoms with Crippen LogP contribution in [0.15, 0.2) is 41.4 Å². The first-order valence-electron chi connectivity index (χ1n) is 13.4. The van der Waals surface area contributed by atoms with Gasteiger partial charge in [0.1, 0.15) is 35.4 Å². The highest BCUT2D eigenvalue weighted by Gasteiger charge is 2.56. The third-order valence-corrected chi connectivity index (χ3v) is 10.4. The van der Waals surface area contributed by atoms with Crippen LogP contribution in [-0.4, -0.2) is 71.3 Å². The highest BCUT2D eigenvalue weighted by atomic mass is 35.5. The molecular weight excluding hydrogens is 544 g/mol. The lowest BCUT2D eigenvalue weighted by molar-refractivity contribution is -0.190. The molecular formula is C27H31ClN4O6S. The van der Waals surface area contributed by atoms with Crippen LogP contribution in [0, 0.1) is 11.8 Å². The van der Waals surface area contributed by atoms with Gasteiger partial charge in [0, 0.05) is 24.8 Å². The molecule has 7 rings (SSSR count). The maximum Gasteiger partial charge on any atom is 0.268 e. The summed E-state index contributed by atoms with van der Waals surface area (Å²) in [6.45, 7) is 4.93. The Kier molecular flexibility index (Phi) is 6.00. The van der Waals surface area contributed by atoms with E-state index in [2.05, 4.69) is 14.9 Å². The summed E-state index contributed by atoms with van der Waals surface area (Å²) in [5, 5.41) is 10.1. The van der Waals surface area contributed by atoms with Gasteiger partial charge in [-0.2, -0.15) is 4.98 Å². The second-order valence-corrected chi connectivity index (χ2v) is 13.6. The Hall–Kier alpha value is -2.28. The van der Waals surface area contributed by atoms with Crippen LogP contribution in [0.1, 0.15) is 44.8 Å². The van der Waals surface area contributed by atoms with E-state index in [0.717, 1.165) is 25.9 Å². The van der Waals surface area contributed by atoms with Crippen LogP contribution in [0.2, 0.25) is 5.28 Å². The molecule has 0 radical (unpaired) electrons. The molecule has 0 amide bonds. The number of nitrogens with zero attached hydrogens (tertiary/aromatic N) is 4. The van der Waals surface area contributed by atoms with Crippen LogP contribution in [0.4, 0.5) is 5.82 Å². The summed E-state index contributed by atoms with van der Waals surface area (Å²) >= 11 is 6.51. The highest BCUT2D eigenvalue weighted by Crippen LogP contribution is 2.48. The van der Waals surface area contributed by atoms with Gasteiger partial charge in [0.2, 0.25) is 5.28 Å². The van der Waals surface area contributed by atoms with Crippen molar-refractivity contribution in [3.05, 3.63) is 47.4 Å². The van der Waals surface area contributed by atoms with E-state index in [1.165, 1.54) is 10.4 Å². The van der Waals surface area contributed by atoms with Gasteiger partial charge in [-0.3, -0.25) is 0 Å². The van der Waals surface area contributed by atoms with Crippen molar-refractivity contribution in [3.8, 4) is 0 Å². The van der Waals surface area contributed by atoms with Crippen molar-refractivity contribution in [1.29, 1.82) is 0 Å². The molecule has 3 aliphatic heterocycles. The monoisotopic (exact) mass is 574 g/mol. The van der Waals surface area contributed by atoms with E-state index in [4.69, 9.17) is 25.8 Å². The summed E-state index contributed by atoms with van der Waals surface area (Å²) in [6.07, 6.45) is 2.62. The average molecular weight is 575 g/mol. The van der Waals surface area contributed by atoms with E-state index in [1.54, 1.807) is 50.4 Å². The van der Waals surface area contributed by atoms with Gasteiger partial charge in [-0.05, 0) is 62.3 Å². The van der Waals surface area contributed by atoms with Crippen LogP contribution >= 0.6 is 11.6 Å². The standard InChI is InChI=1S/C27H31ClN4O6S/c1-27(2)37-23-19(14-33)36-22(24(23)38-27)18-13-32(39(34,35)17-9-4-3-5-10-17)21-20(18)29-26(28)30-25(21)31-11-15-7-6-8-16(15)12-31/h3-5,9-10,13,15-16,19,22-24,33H,6-8,11-12,14H2,1-2H3/t15?,16?,19-,22?,23-,24+/m1/s1. The Morgan fingerprint density at radius 1 is 1.08 bits per heavy atom. The average Bonchev–Trinajstić information content (AvgIpc) is 3.69. The molecule has 3 aromatic rings. The first kappa shape index (κ1) is 25.7. The number of aliphatic hydroxyl groups excluding tert-OH is 1. The fourth-order valence-electron chi connectivity index (χ4n) is 6.88. The number of aliphatic hydroxyl groups is 1. The van der Waals surface area contributed by atoms with Gasteiger partial charge < -0.3 is 24.2 Å². The van der Waals surface area contributed by atoms with Crippen molar-refractivity contribution in [2.45, 2.75) is 68.2 Å². The normalized spacial score (nSPS) is 31.7. The third kappa shape index (κ3) is 4.08. The fraction of sp³-hybridized carbons (Fsp3) is 0.556. The number of aromatic nitrogens is 3. The largest absolute Gasteiger partial charge is 0.394 e. The molecule has 1 saturated carbocycles. The van der Waals surface area contributed by atoms with Gasteiger partial charge in [0.25, 0.3) is 10.0 Å². The van der Waals surface area contributed by atoms with Gasteiger partial charge in [-0.15, -0.1) is 0 Å². The van der Waals surface area contributed by atoms with E-state index in [9.17, 15) is 13.5 Å². The molecule has 0 bridgehead atoms. The maximum atomic E-state index is 14.1. The third-order valence-electron chi connectivity index (χ3n) is 8.55. The Morgan fingerprint density at radius 3 is 2.46 bits per heavy atom. The highest BCUT2D eigenvalue weighted by molar-refractivity contribution is 7.90. The predicted octanol–water partition coefficient (Wildman–Crippen LogP) is 3.51. The fourth-order valence-corrected chi connectivity index (χ4v) is 8.44. The van der Waals surface area contributed by atoms with Crippen LogP contribution < -0.4 is 4.90 Å². The number of hydrogen-bond donors (Lipinski definition) is 1. The molecule has 5 heterocycles. The van der Waals surface area contributed by atoms with E-state index in [-0.39, 0.29) is 16.8 Å². The summed E-state index contributed by atoms with van der Waals surface area (Å²) in [4.78, 5) is 11.5. The Bertz CT molecular complexity index is 1520. The quantitative estimate of drug-likeness (QED) is 0.457. The van der Waals surface area contributed by atoms with Crippen molar-refractivity contribution in [2.24, 2.45) is 11.8 Å².